The monoisotopic (exact) mass is 532 g/mol. The number of fused-ring (bicyclic) bond motifs is 1. The van der Waals surface area contributed by atoms with Gasteiger partial charge in [0, 0.05) is 22.7 Å². The van der Waals surface area contributed by atoms with Gasteiger partial charge >= 0.3 is 12.1 Å². The molecular weight excluding hydrogens is 508 g/mol. The van der Waals surface area contributed by atoms with E-state index in [0.29, 0.717) is 23.6 Å². The van der Waals surface area contributed by atoms with E-state index in [1.807, 2.05) is 6.92 Å². The summed E-state index contributed by atoms with van der Waals surface area (Å²) < 4.78 is 67.1. The summed E-state index contributed by atoms with van der Waals surface area (Å²) in [5.74, 6) is -2.25. The van der Waals surface area contributed by atoms with Crippen molar-refractivity contribution in [3.8, 4) is 5.75 Å². The van der Waals surface area contributed by atoms with Crippen LogP contribution in [0.1, 0.15) is 30.0 Å². The Bertz CT molecular complexity index is 1150. The number of hydrogen-bond acceptors (Lipinski definition) is 6. The lowest BCUT2D eigenvalue weighted by Crippen LogP contribution is -2.40. The number of likely N-dealkylation sites (N-methyl/N-ethyl adjacent to an activating group) is 1. The highest BCUT2D eigenvalue weighted by Gasteiger charge is 2.55. The molecular formula is C24H25ClF4N2O5. The van der Waals surface area contributed by atoms with Crippen LogP contribution in [0.2, 0.25) is 5.02 Å². The largest absolute Gasteiger partial charge is 0.496 e. The van der Waals surface area contributed by atoms with Gasteiger partial charge in [0.05, 0.1) is 30.9 Å². The number of esters is 1. The minimum Gasteiger partial charge on any atom is -0.496 e. The van der Waals surface area contributed by atoms with Crippen molar-refractivity contribution in [1.82, 2.24) is 4.90 Å². The maximum atomic E-state index is 16.7. The Kier molecular flexibility index (Phi) is 8.17. The van der Waals surface area contributed by atoms with Crippen LogP contribution in [-0.2, 0) is 26.2 Å². The van der Waals surface area contributed by atoms with E-state index in [4.69, 9.17) is 21.1 Å². The molecule has 0 saturated carbocycles. The molecule has 0 aliphatic carbocycles. The molecule has 2 atom stereocenters. The summed E-state index contributed by atoms with van der Waals surface area (Å²) in [7, 11) is 2.97. The number of alkyl halides is 4. The van der Waals surface area contributed by atoms with E-state index in [2.05, 4.69) is 0 Å². The smallest absolute Gasteiger partial charge is 0.416 e. The zero-order valence-electron chi connectivity index (χ0n) is 19.7. The summed E-state index contributed by atoms with van der Waals surface area (Å²) in [4.78, 5) is 28.0. The Hall–Kier alpha value is -2.89. The van der Waals surface area contributed by atoms with Gasteiger partial charge in [0.25, 0.3) is 5.91 Å². The second-order valence-corrected chi connectivity index (χ2v) is 8.76. The van der Waals surface area contributed by atoms with Gasteiger partial charge in [0.15, 0.2) is 6.73 Å². The van der Waals surface area contributed by atoms with Gasteiger partial charge in [-0.3, -0.25) is 14.5 Å². The fraction of sp³-hybridized carbons (Fsp3) is 0.417. The van der Waals surface area contributed by atoms with E-state index >= 15 is 4.39 Å². The zero-order chi connectivity index (χ0) is 26.8. The van der Waals surface area contributed by atoms with E-state index in [0.717, 1.165) is 12.1 Å². The molecule has 0 unspecified atom stereocenters. The molecule has 1 aliphatic rings. The average molecular weight is 533 g/mol. The Morgan fingerprint density at radius 3 is 2.53 bits per heavy atom. The van der Waals surface area contributed by atoms with Crippen molar-refractivity contribution in [1.29, 1.82) is 0 Å². The Morgan fingerprint density at radius 1 is 1.22 bits per heavy atom. The average Bonchev–Trinajstić information content (AvgIpc) is 3.03. The number of carbonyl (C=O) groups excluding carboxylic acids is 2. The van der Waals surface area contributed by atoms with Gasteiger partial charge < -0.3 is 19.5 Å². The molecule has 0 spiro atoms. The molecule has 0 saturated heterocycles. The second-order valence-electron chi connectivity index (χ2n) is 8.32. The van der Waals surface area contributed by atoms with E-state index in [1.54, 1.807) is 11.9 Å². The van der Waals surface area contributed by atoms with Gasteiger partial charge in [-0.2, -0.15) is 13.2 Å². The topological polar surface area (TPSA) is 79.3 Å². The van der Waals surface area contributed by atoms with Crippen LogP contribution in [0, 0.1) is 0 Å². The number of methoxy groups -OCH3 is 1. The SMILES string of the molecule is CCN(C)C[C@H](O)CC(=O)OCN1C(=O)[C@@](F)(c2cc(Cl)ccc2OC)c2ccc(C(F)(F)F)cc21. The van der Waals surface area contributed by atoms with E-state index in [9.17, 15) is 27.9 Å². The number of benzene rings is 2. The predicted octanol–water partition coefficient (Wildman–Crippen LogP) is 4.13. The number of nitrogens with zero attached hydrogens (tertiary/aromatic N) is 2. The lowest BCUT2D eigenvalue weighted by atomic mass is 9.88. The third-order valence-electron chi connectivity index (χ3n) is 5.88. The second kappa shape index (κ2) is 10.6. The van der Waals surface area contributed by atoms with Crippen LogP contribution in [0.25, 0.3) is 0 Å². The van der Waals surface area contributed by atoms with Gasteiger partial charge in [0.1, 0.15) is 5.75 Å². The number of rotatable bonds is 9. The Balaban J connectivity index is 1.98. The van der Waals surface area contributed by atoms with Crippen molar-refractivity contribution < 1.29 is 41.7 Å². The Labute approximate surface area is 210 Å². The molecule has 0 radical (unpaired) electrons. The fourth-order valence-corrected chi connectivity index (χ4v) is 4.08. The maximum absolute atomic E-state index is 16.7. The summed E-state index contributed by atoms with van der Waals surface area (Å²) in [6.07, 6.45) is -6.27. The first-order chi connectivity index (χ1) is 16.8. The Morgan fingerprint density at radius 2 is 1.92 bits per heavy atom. The molecule has 1 aliphatic heterocycles. The van der Waals surface area contributed by atoms with Gasteiger partial charge in [-0.25, -0.2) is 4.39 Å². The van der Waals surface area contributed by atoms with Crippen molar-refractivity contribution in [2.24, 2.45) is 0 Å². The number of aliphatic hydroxyl groups excluding tert-OH is 1. The number of hydrogen-bond donors (Lipinski definition) is 1. The molecule has 1 amide bonds. The maximum Gasteiger partial charge on any atom is 0.416 e. The van der Waals surface area contributed by atoms with Crippen LogP contribution in [0.3, 0.4) is 0 Å². The molecule has 196 valence electrons. The number of carbonyl (C=O) groups is 2. The van der Waals surface area contributed by atoms with Crippen LogP contribution < -0.4 is 9.64 Å². The lowest BCUT2D eigenvalue weighted by molar-refractivity contribution is -0.147. The minimum atomic E-state index is -4.77. The van der Waals surface area contributed by atoms with Crippen molar-refractivity contribution in [2.45, 2.75) is 31.3 Å². The van der Waals surface area contributed by atoms with E-state index in [1.165, 1.54) is 19.2 Å². The van der Waals surface area contributed by atoms with Crippen LogP contribution in [-0.4, -0.2) is 62.0 Å². The zero-order valence-corrected chi connectivity index (χ0v) is 20.5. The first-order valence-electron chi connectivity index (χ1n) is 10.9. The van der Waals surface area contributed by atoms with Crippen LogP contribution in [0.5, 0.6) is 5.75 Å². The summed E-state index contributed by atoms with van der Waals surface area (Å²) >= 11 is 6.02. The van der Waals surface area contributed by atoms with E-state index < -0.39 is 54.2 Å². The molecule has 1 N–H and O–H groups in total. The van der Waals surface area contributed by atoms with Gasteiger partial charge in [-0.05, 0) is 43.9 Å². The highest BCUT2D eigenvalue weighted by molar-refractivity contribution is 6.30. The van der Waals surface area contributed by atoms with Crippen molar-refractivity contribution >= 4 is 29.2 Å². The minimum absolute atomic E-state index is 0.0527. The third-order valence-corrected chi connectivity index (χ3v) is 6.11. The molecule has 7 nitrogen and oxygen atoms in total. The molecule has 36 heavy (non-hydrogen) atoms. The van der Waals surface area contributed by atoms with Crippen LogP contribution in [0.15, 0.2) is 36.4 Å². The standard InChI is InChI=1S/C24H25ClF4N2O5/c1-4-30(2)12-16(32)11-21(33)36-13-31-19-9-14(24(27,28)29)5-7-17(19)23(26,22(31)34)18-10-15(25)6-8-20(18)35-3/h5-10,16,32H,4,11-13H2,1-3H3/t16-,23+/m1/s1. The quantitative estimate of drug-likeness (QED) is 0.386. The molecule has 0 fully saturated rings. The number of aliphatic hydroxyl groups is 1. The summed E-state index contributed by atoms with van der Waals surface area (Å²) in [5.41, 5.74) is -5.20. The number of amides is 1. The molecule has 3 rings (SSSR count). The summed E-state index contributed by atoms with van der Waals surface area (Å²) in [5, 5.41) is 10.1. The molecule has 2 aromatic rings. The highest BCUT2D eigenvalue weighted by Crippen LogP contribution is 2.51. The first-order valence-corrected chi connectivity index (χ1v) is 11.3. The molecule has 0 aromatic heterocycles. The lowest BCUT2D eigenvalue weighted by Gasteiger charge is -2.23. The molecule has 2 aromatic carbocycles. The highest BCUT2D eigenvalue weighted by atomic mass is 35.5. The number of anilines is 1. The normalized spacial score (nSPS) is 18.4. The number of halogens is 5. The van der Waals surface area contributed by atoms with Gasteiger partial charge in [-0.15, -0.1) is 0 Å². The molecule has 0 bridgehead atoms. The van der Waals surface area contributed by atoms with Gasteiger partial charge in [0.2, 0.25) is 5.67 Å². The number of ether oxygens (including phenoxy) is 2. The summed E-state index contributed by atoms with van der Waals surface area (Å²) in [6.45, 7) is 1.79. The van der Waals surface area contributed by atoms with Crippen molar-refractivity contribution in [3.05, 3.63) is 58.1 Å². The summed E-state index contributed by atoms with van der Waals surface area (Å²) in [6, 6.07) is 6.02. The van der Waals surface area contributed by atoms with Crippen LogP contribution >= 0.6 is 11.6 Å². The predicted molar refractivity (Wildman–Crippen MR) is 124 cm³/mol. The fourth-order valence-electron chi connectivity index (χ4n) is 3.91. The van der Waals surface area contributed by atoms with Crippen molar-refractivity contribution in [3.63, 3.8) is 0 Å². The van der Waals surface area contributed by atoms with E-state index in [-0.39, 0.29) is 28.4 Å². The first kappa shape index (κ1) is 27.7. The van der Waals surface area contributed by atoms with Crippen molar-refractivity contribution in [2.75, 3.05) is 38.9 Å². The third kappa shape index (κ3) is 5.42. The van der Waals surface area contributed by atoms with Crippen LogP contribution in [0.4, 0.5) is 23.2 Å². The molecule has 1 heterocycles. The van der Waals surface area contributed by atoms with Gasteiger partial charge in [-0.1, -0.05) is 24.6 Å². The molecule has 12 heteroatoms.